The Labute approximate surface area is 149 Å². The number of benzene rings is 1. The monoisotopic (exact) mass is 394 g/mol. The van der Waals surface area contributed by atoms with Crippen LogP contribution < -0.4 is 20.9 Å². The SMILES string of the molecule is Nc1c(N2CCOCC2)sc(=O)n1Nc1ccc(Cl)c(C(F)(F)F)c1. The second-order valence-corrected chi connectivity index (χ2v) is 6.64. The van der Waals surface area contributed by atoms with Crippen molar-refractivity contribution in [3.8, 4) is 0 Å². The number of aromatic nitrogens is 1. The number of morpholine rings is 1. The second-order valence-electron chi connectivity index (χ2n) is 5.30. The van der Waals surface area contributed by atoms with Crippen LogP contribution in [0, 0.1) is 0 Å². The van der Waals surface area contributed by atoms with E-state index in [0.717, 1.165) is 28.1 Å². The van der Waals surface area contributed by atoms with Crippen molar-refractivity contribution in [1.82, 2.24) is 4.68 Å². The lowest BCUT2D eigenvalue weighted by Crippen LogP contribution is -2.36. The van der Waals surface area contributed by atoms with Gasteiger partial charge in [0.05, 0.1) is 29.5 Å². The molecule has 0 radical (unpaired) electrons. The summed E-state index contributed by atoms with van der Waals surface area (Å²) < 4.78 is 45.1. The third-order valence-corrected chi connectivity index (χ3v) is 4.99. The summed E-state index contributed by atoms with van der Waals surface area (Å²) in [4.78, 5) is 13.7. The van der Waals surface area contributed by atoms with Gasteiger partial charge in [0.1, 0.15) is 5.00 Å². The number of anilines is 3. The van der Waals surface area contributed by atoms with E-state index in [4.69, 9.17) is 22.1 Å². The van der Waals surface area contributed by atoms with Crippen molar-refractivity contribution >= 4 is 39.4 Å². The molecule has 0 amide bonds. The van der Waals surface area contributed by atoms with Gasteiger partial charge in [-0.2, -0.15) is 17.8 Å². The molecule has 0 saturated carbocycles. The van der Waals surface area contributed by atoms with E-state index in [1.54, 1.807) is 0 Å². The van der Waals surface area contributed by atoms with Gasteiger partial charge in [-0.05, 0) is 18.2 Å². The summed E-state index contributed by atoms with van der Waals surface area (Å²) in [6.07, 6.45) is -4.60. The highest BCUT2D eigenvalue weighted by Crippen LogP contribution is 2.36. The second kappa shape index (κ2) is 6.77. The molecule has 25 heavy (non-hydrogen) atoms. The van der Waals surface area contributed by atoms with Gasteiger partial charge < -0.3 is 15.4 Å². The number of hydrogen-bond donors (Lipinski definition) is 2. The van der Waals surface area contributed by atoms with Crippen molar-refractivity contribution in [3.63, 3.8) is 0 Å². The first-order valence-electron chi connectivity index (χ1n) is 7.25. The summed E-state index contributed by atoms with van der Waals surface area (Å²) in [5.41, 5.74) is 7.69. The molecule has 2 heterocycles. The predicted octanol–water partition coefficient (Wildman–Crippen LogP) is 2.88. The zero-order valence-electron chi connectivity index (χ0n) is 12.8. The molecule has 3 rings (SSSR count). The average Bonchev–Trinajstić information content (AvgIpc) is 2.84. The number of rotatable bonds is 3. The number of nitrogens with one attached hydrogen (secondary N) is 1. The van der Waals surface area contributed by atoms with Gasteiger partial charge in [-0.3, -0.25) is 10.2 Å². The Morgan fingerprint density at radius 1 is 1.28 bits per heavy atom. The van der Waals surface area contributed by atoms with E-state index in [9.17, 15) is 18.0 Å². The van der Waals surface area contributed by atoms with Gasteiger partial charge in [0, 0.05) is 13.1 Å². The van der Waals surface area contributed by atoms with Crippen molar-refractivity contribution in [2.45, 2.75) is 6.18 Å². The third kappa shape index (κ3) is 3.70. The number of thiazole rings is 1. The quantitative estimate of drug-likeness (QED) is 0.837. The van der Waals surface area contributed by atoms with Crippen molar-refractivity contribution in [3.05, 3.63) is 38.5 Å². The van der Waals surface area contributed by atoms with Crippen LogP contribution in [0.15, 0.2) is 23.0 Å². The van der Waals surface area contributed by atoms with Crippen LogP contribution in [0.4, 0.5) is 29.7 Å². The van der Waals surface area contributed by atoms with Crippen LogP contribution in [0.3, 0.4) is 0 Å². The van der Waals surface area contributed by atoms with Gasteiger partial charge in [0.15, 0.2) is 5.82 Å². The molecule has 0 spiro atoms. The standard InChI is InChI=1S/C14H14ClF3N4O2S/c15-10-2-1-8(7-9(10)14(16,17)18)20-22-11(19)12(25-13(22)23)21-3-5-24-6-4-21/h1-2,7,20H,3-6,19H2. The molecular weight excluding hydrogens is 381 g/mol. The van der Waals surface area contributed by atoms with Gasteiger partial charge in [-0.1, -0.05) is 22.9 Å². The molecule has 1 aromatic carbocycles. The number of nitrogens with two attached hydrogens (primary N) is 1. The molecule has 0 aliphatic carbocycles. The maximum Gasteiger partial charge on any atom is 0.417 e. The Kier molecular flexibility index (Phi) is 4.85. The Morgan fingerprint density at radius 3 is 2.60 bits per heavy atom. The molecule has 6 nitrogen and oxygen atoms in total. The molecule has 1 aliphatic rings. The van der Waals surface area contributed by atoms with Crippen LogP contribution in [0.5, 0.6) is 0 Å². The van der Waals surface area contributed by atoms with Gasteiger partial charge in [0.25, 0.3) is 0 Å². The normalized spacial score (nSPS) is 15.4. The molecule has 1 saturated heterocycles. The molecule has 1 fully saturated rings. The largest absolute Gasteiger partial charge is 0.417 e. The van der Waals surface area contributed by atoms with E-state index < -0.39 is 21.6 Å². The molecule has 136 valence electrons. The number of ether oxygens (including phenoxy) is 1. The molecule has 0 atom stereocenters. The number of hydrogen-bond acceptors (Lipinski definition) is 6. The summed E-state index contributed by atoms with van der Waals surface area (Å²) in [5.74, 6) is 0.139. The van der Waals surface area contributed by atoms with Crippen molar-refractivity contribution < 1.29 is 17.9 Å². The highest BCUT2D eigenvalue weighted by molar-refractivity contribution is 7.14. The lowest BCUT2D eigenvalue weighted by atomic mass is 10.2. The lowest BCUT2D eigenvalue weighted by molar-refractivity contribution is -0.137. The van der Waals surface area contributed by atoms with Gasteiger partial charge in [-0.25, -0.2) is 0 Å². The number of alkyl halides is 3. The maximum absolute atomic E-state index is 13.0. The topological polar surface area (TPSA) is 72.5 Å². The van der Waals surface area contributed by atoms with Crippen molar-refractivity contribution in [2.24, 2.45) is 0 Å². The summed E-state index contributed by atoms with van der Waals surface area (Å²) in [5, 5.41) is 0.142. The molecule has 0 unspecified atom stereocenters. The minimum absolute atomic E-state index is 0.0526. The summed E-state index contributed by atoms with van der Waals surface area (Å²) in [6.45, 7) is 2.21. The lowest BCUT2D eigenvalue weighted by Gasteiger charge is -2.27. The molecule has 11 heteroatoms. The van der Waals surface area contributed by atoms with Crippen LogP contribution in [0.25, 0.3) is 0 Å². The minimum atomic E-state index is -4.60. The molecule has 2 aromatic rings. The zero-order chi connectivity index (χ0) is 18.2. The van der Waals surface area contributed by atoms with E-state index in [0.29, 0.717) is 31.3 Å². The van der Waals surface area contributed by atoms with Crippen LogP contribution in [0.1, 0.15) is 5.56 Å². The van der Waals surface area contributed by atoms with Gasteiger partial charge >= 0.3 is 11.0 Å². The Morgan fingerprint density at radius 2 is 1.96 bits per heavy atom. The first-order valence-corrected chi connectivity index (χ1v) is 8.44. The molecule has 0 bridgehead atoms. The Balaban J connectivity index is 1.91. The maximum atomic E-state index is 13.0. The zero-order valence-corrected chi connectivity index (χ0v) is 14.3. The number of nitrogen functional groups attached to an aromatic ring is 1. The summed E-state index contributed by atoms with van der Waals surface area (Å²) >= 11 is 6.52. The fraction of sp³-hybridized carbons (Fsp3) is 0.357. The molecule has 1 aromatic heterocycles. The first kappa shape index (κ1) is 17.9. The van der Waals surface area contributed by atoms with Crippen LogP contribution in [0.2, 0.25) is 5.02 Å². The van der Waals surface area contributed by atoms with E-state index in [1.807, 2.05) is 4.90 Å². The molecule has 3 N–H and O–H groups in total. The number of nitrogens with zero attached hydrogens (tertiary/aromatic N) is 2. The third-order valence-electron chi connectivity index (χ3n) is 3.64. The summed E-state index contributed by atoms with van der Waals surface area (Å²) in [6, 6.07) is 3.29. The minimum Gasteiger partial charge on any atom is -0.381 e. The van der Waals surface area contributed by atoms with Crippen LogP contribution in [-0.4, -0.2) is 31.0 Å². The first-order chi connectivity index (χ1) is 11.8. The molecular formula is C14H14ClF3N4O2S. The Bertz CT molecular complexity index is 830. The van der Waals surface area contributed by atoms with Crippen LogP contribution in [-0.2, 0) is 10.9 Å². The van der Waals surface area contributed by atoms with Crippen molar-refractivity contribution in [1.29, 1.82) is 0 Å². The van der Waals surface area contributed by atoms with E-state index in [1.165, 1.54) is 6.07 Å². The fourth-order valence-electron chi connectivity index (χ4n) is 2.41. The van der Waals surface area contributed by atoms with Gasteiger partial charge in [-0.15, -0.1) is 0 Å². The van der Waals surface area contributed by atoms with E-state index >= 15 is 0 Å². The molecule has 1 aliphatic heterocycles. The van der Waals surface area contributed by atoms with E-state index in [2.05, 4.69) is 5.43 Å². The number of halogens is 4. The average molecular weight is 395 g/mol. The van der Waals surface area contributed by atoms with Crippen LogP contribution >= 0.6 is 22.9 Å². The highest BCUT2D eigenvalue weighted by Gasteiger charge is 2.33. The Hall–Kier alpha value is -1.91. The predicted molar refractivity (Wildman–Crippen MR) is 91.5 cm³/mol. The summed E-state index contributed by atoms with van der Waals surface area (Å²) in [7, 11) is 0. The van der Waals surface area contributed by atoms with E-state index in [-0.39, 0.29) is 11.5 Å². The van der Waals surface area contributed by atoms with Crippen molar-refractivity contribution in [2.75, 3.05) is 42.4 Å². The fourth-order valence-corrected chi connectivity index (χ4v) is 3.55. The van der Waals surface area contributed by atoms with Gasteiger partial charge in [0.2, 0.25) is 0 Å². The smallest absolute Gasteiger partial charge is 0.381 e. The highest BCUT2D eigenvalue weighted by atomic mass is 35.5.